The standard InChI is InChI=1S/C19H28N2O4/c1-14-13-16(24-2)3-4-17(14)18(19(22)23)21-7-5-15(6-8-21)20-9-11-25-12-10-20/h3-4,13,15,18H,5-12H2,1-2H3,(H,22,23). The fraction of sp³-hybridized carbons (Fsp3) is 0.632. The third-order valence-corrected chi connectivity index (χ3v) is 5.43. The van der Waals surface area contributed by atoms with Gasteiger partial charge in [-0.2, -0.15) is 0 Å². The van der Waals surface area contributed by atoms with Crippen molar-refractivity contribution in [1.82, 2.24) is 9.80 Å². The van der Waals surface area contributed by atoms with Crippen LogP contribution in [0.3, 0.4) is 0 Å². The van der Waals surface area contributed by atoms with Gasteiger partial charge in [-0.1, -0.05) is 6.07 Å². The van der Waals surface area contributed by atoms with Gasteiger partial charge in [0.25, 0.3) is 0 Å². The maximum Gasteiger partial charge on any atom is 0.325 e. The molecule has 2 fully saturated rings. The first-order valence-electron chi connectivity index (χ1n) is 9.03. The molecule has 2 heterocycles. The highest BCUT2D eigenvalue weighted by molar-refractivity contribution is 5.76. The number of hydrogen-bond acceptors (Lipinski definition) is 5. The number of likely N-dealkylation sites (tertiary alicyclic amines) is 1. The van der Waals surface area contributed by atoms with Gasteiger partial charge in [0.1, 0.15) is 11.8 Å². The van der Waals surface area contributed by atoms with Crippen molar-refractivity contribution in [2.75, 3.05) is 46.5 Å². The minimum absolute atomic E-state index is 0.548. The molecule has 0 bridgehead atoms. The first-order valence-corrected chi connectivity index (χ1v) is 9.03. The number of methoxy groups -OCH3 is 1. The van der Waals surface area contributed by atoms with Crippen LogP contribution in [0.2, 0.25) is 0 Å². The van der Waals surface area contributed by atoms with Crippen LogP contribution in [-0.2, 0) is 9.53 Å². The predicted octanol–water partition coefficient (Wildman–Crippen LogP) is 1.93. The topological polar surface area (TPSA) is 62.2 Å². The summed E-state index contributed by atoms with van der Waals surface area (Å²) in [6, 6.07) is 5.61. The van der Waals surface area contributed by atoms with Crippen molar-refractivity contribution < 1.29 is 19.4 Å². The molecule has 0 amide bonds. The number of aliphatic carboxylic acids is 1. The van der Waals surface area contributed by atoms with Gasteiger partial charge in [-0.25, -0.2) is 0 Å². The summed E-state index contributed by atoms with van der Waals surface area (Å²) in [5.74, 6) is -0.0190. The zero-order valence-corrected chi connectivity index (χ0v) is 15.1. The van der Waals surface area contributed by atoms with E-state index in [1.54, 1.807) is 7.11 Å². The highest BCUT2D eigenvalue weighted by Crippen LogP contribution is 2.30. The number of carboxylic acid groups (broad SMARTS) is 1. The minimum Gasteiger partial charge on any atom is -0.497 e. The number of carboxylic acids is 1. The van der Waals surface area contributed by atoms with Crippen molar-refractivity contribution in [2.45, 2.75) is 31.8 Å². The Morgan fingerprint density at radius 2 is 1.92 bits per heavy atom. The Hall–Kier alpha value is -1.63. The largest absolute Gasteiger partial charge is 0.497 e. The van der Waals surface area contributed by atoms with E-state index in [0.29, 0.717) is 6.04 Å². The van der Waals surface area contributed by atoms with Crippen LogP contribution in [0.15, 0.2) is 18.2 Å². The highest BCUT2D eigenvalue weighted by atomic mass is 16.5. The van der Waals surface area contributed by atoms with Crippen LogP contribution in [0.5, 0.6) is 5.75 Å². The maximum atomic E-state index is 12.0. The number of aryl methyl sites for hydroxylation is 1. The SMILES string of the molecule is COc1ccc(C(C(=O)O)N2CCC(N3CCOCC3)CC2)c(C)c1. The van der Waals surface area contributed by atoms with E-state index in [9.17, 15) is 9.90 Å². The molecule has 1 atom stereocenters. The molecule has 138 valence electrons. The van der Waals surface area contributed by atoms with Gasteiger partial charge in [0, 0.05) is 32.2 Å². The summed E-state index contributed by atoms with van der Waals surface area (Å²) in [6.45, 7) is 7.17. The lowest BCUT2D eigenvalue weighted by Gasteiger charge is -2.41. The van der Waals surface area contributed by atoms with Crippen molar-refractivity contribution in [3.8, 4) is 5.75 Å². The van der Waals surface area contributed by atoms with Crippen molar-refractivity contribution in [1.29, 1.82) is 0 Å². The van der Waals surface area contributed by atoms with Crippen LogP contribution >= 0.6 is 0 Å². The second kappa shape index (κ2) is 8.17. The molecule has 0 aliphatic carbocycles. The fourth-order valence-electron chi connectivity index (χ4n) is 4.02. The number of rotatable bonds is 5. The smallest absolute Gasteiger partial charge is 0.325 e. The van der Waals surface area contributed by atoms with Crippen LogP contribution in [0, 0.1) is 6.92 Å². The molecular formula is C19H28N2O4. The van der Waals surface area contributed by atoms with Crippen LogP contribution in [0.4, 0.5) is 0 Å². The molecule has 1 N–H and O–H groups in total. The minimum atomic E-state index is -0.780. The van der Waals surface area contributed by atoms with E-state index in [2.05, 4.69) is 9.80 Å². The highest BCUT2D eigenvalue weighted by Gasteiger charge is 2.33. The van der Waals surface area contributed by atoms with E-state index in [1.165, 1.54) is 0 Å². The molecular weight excluding hydrogens is 320 g/mol. The Kier molecular flexibility index (Phi) is 5.93. The van der Waals surface area contributed by atoms with Gasteiger partial charge >= 0.3 is 5.97 Å². The summed E-state index contributed by atoms with van der Waals surface area (Å²) in [6.07, 6.45) is 2.03. The molecule has 1 aromatic carbocycles. The summed E-state index contributed by atoms with van der Waals surface area (Å²) < 4.78 is 10.7. The Morgan fingerprint density at radius 1 is 1.24 bits per heavy atom. The van der Waals surface area contributed by atoms with Gasteiger partial charge in [0.15, 0.2) is 0 Å². The number of ether oxygens (including phenoxy) is 2. The number of morpholine rings is 1. The van der Waals surface area contributed by atoms with Crippen molar-refractivity contribution >= 4 is 5.97 Å². The molecule has 1 aromatic rings. The molecule has 0 radical (unpaired) electrons. The lowest BCUT2D eigenvalue weighted by Crippen LogP contribution is -2.50. The Morgan fingerprint density at radius 3 is 2.48 bits per heavy atom. The first-order chi connectivity index (χ1) is 12.1. The van der Waals surface area contributed by atoms with Gasteiger partial charge < -0.3 is 14.6 Å². The number of carbonyl (C=O) groups is 1. The molecule has 2 saturated heterocycles. The molecule has 0 saturated carbocycles. The average Bonchev–Trinajstić information content (AvgIpc) is 2.64. The summed E-state index contributed by atoms with van der Waals surface area (Å²) in [7, 11) is 1.62. The lowest BCUT2D eigenvalue weighted by molar-refractivity contribution is -0.144. The van der Waals surface area contributed by atoms with Gasteiger partial charge in [-0.05, 0) is 43.0 Å². The summed E-state index contributed by atoms with van der Waals surface area (Å²) in [5.41, 5.74) is 1.82. The zero-order valence-electron chi connectivity index (χ0n) is 15.1. The lowest BCUT2D eigenvalue weighted by atomic mass is 9.95. The maximum absolute atomic E-state index is 12.0. The van der Waals surface area contributed by atoms with Crippen LogP contribution in [0.1, 0.15) is 30.0 Å². The molecule has 0 aromatic heterocycles. The summed E-state index contributed by atoms with van der Waals surface area (Å²) in [4.78, 5) is 16.6. The Balaban J connectivity index is 1.69. The van der Waals surface area contributed by atoms with Gasteiger partial charge in [-0.15, -0.1) is 0 Å². The number of hydrogen-bond donors (Lipinski definition) is 1. The number of benzene rings is 1. The monoisotopic (exact) mass is 348 g/mol. The average molecular weight is 348 g/mol. The molecule has 25 heavy (non-hydrogen) atoms. The molecule has 6 nitrogen and oxygen atoms in total. The van der Waals surface area contributed by atoms with Crippen molar-refractivity contribution in [3.63, 3.8) is 0 Å². The van der Waals surface area contributed by atoms with E-state index in [-0.39, 0.29) is 0 Å². The molecule has 2 aliphatic rings. The van der Waals surface area contributed by atoms with E-state index in [4.69, 9.17) is 9.47 Å². The fourth-order valence-corrected chi connectivity index (χ4v) is 4.02. The normalized spacial score (nSPS) is 21.8. The number of nitrogens with zero attached hydrogens (tertiary/aromatic N) is 2. The van der Waals surface area contributed by atoms with Crippen LogP contribution in [-0.4, -0.2) is 73.4 Å². The van der Waals surface area contributed by atoms with Crippen LogP contribution < -0.4 is 4.74 Å². The van der Waals surface area contributed by atoms with E-state index >= 15 is 0 Å². The molecule has 3 rings (SSSR count). The molecule has 2 aliphatic heterocycles. The Labute approximate surface area is 149 Å². The van der Waals surface area contributed by atoms with Gasteiger partial charge in [0.2, 0.25) is 0 Å². The van der Waals surface area contributed by atoms with Crippen molar-refractivity contribution in [2.24, 2.45) is 0 Å². The van der Waals surface area contributed by atoms with E-state index in [1.807, 2.05) is 25.1 Å². The Bertz CT molecular complexity index is 593. The molecule has 6 heteroatoms. The predicted molar refractivity (Wildman–Crippen MR) is 95.1 cm³/mol. The van der Waals surface area contributed by atoms with Gasteiger partial charge in [0.05, 0.1) is 20.3 Å². The van der Waals surface area contributed by atoms with E-state index < -0.39 is 12.0 Å². The summed E-state index contributed by atoms with van der Waals surface area (Å²) in [5, 5.41) is 9.84. The zero-order chi connectivity index (χ0) is 17.8. The summed E-state index contributed by atoms with van der Waals surface area (Å²) >= 11 is 0. The number of piperidine rings is 1. The quantitative estimate of drug-likeness (QED) is 0.877. The van der Waals surface area contributed by atoms with Crippen molar-refractivity contribution in [3.05, 3.63) is 29.3 Å². The van der Waals surface area contributed by atoms with Gasteiger partial charge in [-0.3, -0.25) is 14.6 Å². The second-order valence-electron chi connectivity index (χ2n) is 6.88. The first kappa shape index (κ1) is 18.2. The third-order valence-electron chi connectivity index (χ3n) is 5.43. The molecule has 1 unspecified atom stereocenters. The molecule has 0 spiro atoms. The second-order valence-corrected chi connectivity index (χ2v) is 6.88. The van der Waals surface area contributed by atoms with Crippen LogP contribution in [0.25, 0.3) is 0 Å². The van der Waals surface area contributed by atoms with E-state index in [0.717, 1.165) is 69.1 Å². The third kappa shape index (κ3) is 4.14.